The molecule has 0 unspecified atom stereocenters. The molecule has 5 heteroatoms. The highest BCUT2D eigenvalue weighted by atomic mass is 16.3. The Labute approximate surface area is 115 Å². The summed E-state index contributed by atoms with van der Waals surface area (Å²) in [5.74, 6) is 2.77. The van der Waals surface area contributed by atoms with Gasteiger partial charge in [0.2, 0.25) is 0 Å². The van der Waals surface area contributed by atoms with E-state index in [4.69, 9.17) is 0 Å². The molecule has 1 aliphatic rings. The second kappa shape index (κ2) is 5.33. The Balaban J connectivity index is 2.29. The first kappa shape index (κ1) is 14.1. The Hall–Kier alpha value is -1.36. The molecule has 5 nitrogen and oxygen atoms in total. The first-order valence-electron chi connectivity index (χ1n) is 6.99. The zero-order valence-corrected chi connectivity index (χ0v) is 12.3. The topological polar surface area (TPSA) is 61.3 Å². The van der Waals surface area contributed by atoms with E-state index in [0.29, 0.717) is 0 Å². The molecular weight excluding hydrogens is 240 g/mol. The number of aliphatic hydroxyl groups is 1. The Morgan fingerprint density at radius 1 is 1.32 bits per heavy atom. The van der Waals surface area contributed by atoms with Gasteiger partial charge in [-0.3, -0.25) is 0 Å². The molecule has 2 heterocycles. The quantitative estimate of drug-likeness (QED) is 0.871. The third-order valence-corrected chi connectivity index (χ3v) is 3.86. The lowest BCUT2D eigenvalue weighted by Crippen LogP contribution is -2.43. The zero-order chi connectivity index (χ0) is 14.0. The molecule has 0 aliphatic carbocycles. The predicted molar refractivity (Wildman–Crippen MR) is 77.8 cm³/mol. The van der Waals surface area contributed by atoms with Gasteiger partial charge < -0.3 is 15.3 Å². The minimum atomic E-state index is -0.531. The van der Waals surface area contributed by atoms with Crippen LogP contribution in [0.25, 0.3) is 0 Å². The normalized spacial score (nSPS) is 18.5. The minimum Gasteiger partial charge on any atom is -0.390 e. The molecule has 0 bridgehead atoms. The molecule has 106 valence electrons. The van der Waals surface area contributed by atoms with Crippen molar-refractivity contribution >= 4 is 11.6 Å². The number of aryl methyl sites for hydroxylation is 1. The molecule has 1 saturated heterocycles. The largest absolute Gasteiger partial charge is 0.390 e. The summed E-state index contributed by atoms with van der Waals surface area (Å²) in [5, 5.41) is 13.2. The summed E-state index contributed by atoms with van der Waals surface area (Å²) in [7, 11) is 1.89. The molecule has 0 amide bonds. The summed E-state index contributed by atoms with van der Waals surface area (Å²) >= 11 is 0. The monoisotopic (exact) mass is 264 g/mol. The number of aromatic nitrogens is 2. The van der Waals surface area contributed by atoms with Gasteiger partial charge in [-0.25, -0.2) is 9.97 Å². The van der Waals surface area contributed by atoms with Gasteiger partial charge in [-0.2, -0.15) is 0 Å². The fourth-order valence-corrected chi connectivity index (χ4v) is 2.46. The second-order valence-electron chi connectivity index (χ2n) is 5.52. The van der Waals surface area contributed by atoms with Crippen LogP contribution >= 0.6 is 0 Å². The first-order chi connectivity index (χ1) is 8.96. The van der Waals surface area contributed by atoms with E-state index in [1.165, 1.54) is 0 Å². The van der Waals surface area contributed by atoms with Crippen LogP contribution in [0.15, 0.2) is 0 Å². The van der Waals surface area contributed by atoms with E-state index >= 15 is 0 Å². The molecule has 2 rings (SSSR count). The molecule has 1 aromatic heterocycles. The highest BCUT2D eigenvalue weighted by molar-refractivity contribution is 5.58. The van der Waals surface area contributed by atoms with Gasteiger partial charge in [0.25, 0.3) is 0 Å². The lowest BCUT2D eigenvalue weighted by molar-refractivity contribution is 0.0350. The molecule has 0 radical (unpaired) electrons. The predicted octanol–water partition coefficient (Wildman–Crippen LogP) is 1.74. The van der Waals surface area contributed by atoms with Crippen LogP contribution in [0.3, 0.4) is 0 Å². The third kappa shape index (κ3) is 2.97. The van der Waals surface area contributed by atoms with Crippen molar-refractivity contribution < 1.29 is 5.11 Å². The smallest absolute Gasteiger partial charge is 0.137 e. The average Bonchev–Trinajstić information content (AvgIpc) is 2.39. The summed E-state index contributed by atoms with van der Waals surface area (Å²) < 4.78 is 0. The SMILES string of the molecule is CCc1nc(NC)c(C)c(N2CCC(C)(O)CC2)n1. The first-order valence-corrected chi connectivity index (χ1v) is 6.99. The Morgan fingerprint density at radius 2 is 1.95 bits per heavy atom. The van der Waals surface area contributed by atoms with Crippen LogP contribution < -0.4 is 10.2 Å². The van der Waals surface area contributed by atoms with Gasteiger partial charge in [0.15, 0.2) is 0 Å². The van der Waals surface area contributed by atoms with Crippen molar-refractivity contribution in [2.75, 3.05) is 30.4 Å². The van der Waals surface area contributed by atoms with Crippen molar-refractivity contribution in [2.45, 2.75) is 45.6 Å². The number of hydrogen-bond acceptors (Lipinski definition) is 5. The lowest BCUT2D eigenvalue weighted by atomic mass is 9.94. The zero-order valence-electron chi connectivity index (χ0n) is 12.3. The summed E-state index contributed by atoms with van der Waals surface area (Å²) in [6, 6.07) is 0. The van der Waals surface area contributed by atoms with E-state index in [-0.39, 0.29) is 0 Å². The van der Waals surface area contributed by atoms with Crippen molar-refractivity contribution in [1.82, 2.24) is 9.97 Å². The van der Waals surface area contributed by atoms with E-state index in [2.05, 4.69) is 27.1 Å². The fraction of sp³-hybridized carbons (Fsp3) is 0.714. The van der Waals surface area contributed by atoms with Gasteiger partial charge in [0, 0.05) is 32.1 Å². The van der Waals surface area contributed by atoms with Crippen molar-refractivity contribution in [2.24, 2.45) is 0 Å². The Bertz CT molecular complexity index is 449. The summed E-state index contributed by atoms with van der Waals surface area (Å²) in [4.78, 5) is 11.4. The van der Waals surface area contributed by atoms with Crippen LogP contribution in [-0.2, 0) is 6.42 Å². The van der Waals surface area contributed by atoms with Crippen LogP contribution in [0.5, 0.6) is 0 Å². The molecule has 0 spiro atoms. The van der Waals surface area contributed by atoms with Crippen LogP contribution in [0.1, 0.15) is 38.1 Å². The van der Waals surface area contributed by atoms with Crippen LogP contribution in [0.4, 0.5) is 11.6 Å². The van der Waals surface area contributed by atoms with Gasteiger partial charge in [-0.05, 0) is 26.7 Å². The molecule has 0 atom stereocenters. The lowest BCUT2D eigenvalue weighted by Gasteiger charge is -2.37. The number of piperidine rings is 1. The third-order valence-electron chi connectivity index (χ3n) is 3.86. The van der Waals surface area contributed by atoms with Crippen molar-refractivity contribution in [3.63, 3.8) is 0 Å². The van der Waals surface area contributed by atoms with E-state index in [1.807, 2.05) is 20.9 Å². The second-order valence-corrected chi connectivity index (χ2v) is 5.52. The van der Waals surface area contributed by atoms with E-state index in [9.17, 15) is 5.11 Å². The standard InChI is InChI=1S/C14H24N4O/c1-5-11-16-12(15-4)10(2)13(17-11)18-8-6-14(3,19)7-9-18/h19H,5-9H2,1-4H3,(H,15,16,17). The molecule has 1 aliphatic heterocycles. The van der Waals surface area contributed by atoms with Crippen LogP contribution in [-0.4, -0.2) is 40.8 Å². The van der Waals surface area contributed by atoms with Gasteiger partial charge in [-0.15, -0.1) is 0 Å². The molecular formula is C14H24N4O. The van der Waals surface area contributed by atoms with E-state index in [0.717, 1.165) is 55.4 Å². The van der Waals surface area contributed by atoms with Gasteiger partial charge >= 0.3 is 0 Å². The maximum Gasteiger partial charge on any atom is 0.137 e. The van der Waals surface area contributed by atoms with Crippen LogP contribution in [0.2, 0.25) is 0 Å². The molecule has 0 aromatic carbocycles. The number of nitrogens with one attached hydrogen (secondary N) is 1. The highest BCUT2D eigenvalue weighted by Crippen LogP contribution is 2.29. The van der Waals surface area contributed by atoms with Crippen molar-refractivity contribution in [3.05, 3.63) is 11.4 Å². The van der Waals surface area contributed by atoms with Gasteiger partial charge in [0.05, 0.1) is 5.60 Å². The highest BCUT2D eigenvalue weighted by Gasteiger charge is 2.29. The number of nitrogens with zero attached hydrogens (tertiary/aromatic N) is 3. The fourth-order valence-electron chi connectivity index (χ4n) is 2.46. The average molecular weight is 264 g/mol. The molecule has 0 saturated carbocycles. The Kier molecular flexibility index (Phi) is 3.94. The van der Waals surface area contributed by atoms with Crippen molar-refractivity contribution in [1.29, 1.82) is 0 Å². The number of rotatable bonds is 3. The molecule has 1 aromatic rings. The molecule has 2 N–H and O–H groups in total. The summed E-state index contributed by atoms with van der Waals surface area (Å²) in [5.41, 5.74) is 0.554. The van der Waals surface area contributed by atoms with Gasteiger partial charge in [-0.1, -0.05) is 6.92 Å². The summed E-state index contributed by atoms with van der Waals surface area (Å²) in [6.07, 6.45) is 2.40. The van der Waals surface area contributed by atoms with Gasteiger partial charge in [0.1, 0.15) is 17.5 Å². The molecule has 1 fully saturated rings. The van der Waals surface area contributed by atoms with E-state index < -0.39 is 5.60 Å². The van der Waals surface area contributed by atoms with Crippen molar-refractivity contribution in [3.8, 4) is 0 Å². The Morgan fingerprint density at radius 3 is 2.47 bits per heavy atom. The van der Waals surface area contributed by atoms with Crippen LogP contribution in [0, 0.1) is 6.92 Å². The number of hydrogen-bond donors (Lipinski definition) is 2. The number of anilines is 2. The maximum absolute atomic E-state index is 10.0. The van der Waals surface area contributed by atoms with E-state index in [1.54, 1.807) is 0 Å². The molecule has 19 heavy (non-hydrogen) atoms. The maximum atomic E-state index is 10.0. The minimum absolute atomic E-state index is 0.531. The summed E-state index contributed by atoms with van der Waals surface area (Å²) in [6.45, 7) is 7.71.